The molecule has 0 radical (unpaired) electrons. The topological polar surface area (TPSA) is 58.2 Å². The minimum absolute atomic E-state index is 0.0307. The van der Waals surface area contributed by atoms with Crippen molar-refractivity contribution in [2.75, 3.05) is 0 Å². The Kier molecular flexibility index (Phi) is 3.81. The molecular weight excluding hydrogens is 300 g/mol. The van der Waals surface area contributed by atoms with Crippen LogP contribution in [0.3, 0.4) is 0 Å². The van der Waals surface area contributed by atoms with Crippen molar-refractivity contribution in [3.63, 3.8) is 0 Å². The lowest BCUT2D eigenvalue weighted by Gasteiger charge is -2.07. The van der Waals surface area contributed by atoms with Gasteiger partial charge in [-0.05, 0) is 35.8 Å². The van der Waals surface area contributed by atoms with E-state index in [-0.39, 0.29) is 35.5 Å². The molecule has 0 saturated heterocycles. The normalized spacial score (nSPS) is 27.2. The third kappa shape index (κ3) is 3.04. The lowest BCUT2D eigenvalue weighted by atomic mass is 10.1. The van der Waals surface area contributed by atoms with Crippen molar-refractivity contribution in [2.45, 2.75) is 24.7 Å². The summed E-state index contributed by atoms with van der Waals surface area (Å²) in [6.07, 6.45) is 1.70. The Hall–Kier alpha value is -2.62. The third-order valence-corrected chi connectivity index (χ3v) is 5.02. The summed E-state index contributed by atoms with van der Waals surface area (Å²) < 4.78 is 0. The molecule has 2 fully saturated rings. The largest absolute Gasteiger partial charge is 0.273 e. The smallest absolute Gasteiger partial charge is 0.242 e. The molecule has 4 heteroatoms. The molecule has 2 N–H and O–H groups in total. The first kappa shape index (κ1) is 14.9. The van der Waals surface area contributed by atoms with Gasteiger partial charge in [-0.2, -0.15) is 0 Å². The molecule has 0 bridgehead atoms. The SMILES string of the molecule is O=C(NNC(=O)[C@@H]1C[C@@H]1c1ccccc1)[C@@H]1C[C@@H]1c1ccccc1. The van der Waals surface area contributed by atoms with Gasteiger partial charge in [0.25, 0.3) is 0 Å². The molecule has 4 rings (SSSR count). The zero-order valence-electron chi connectivity index (χ0n) is 13.3. The number of hydrogen-bond acceptors (Lipinski definition) is 2. The highest BCUT2D eigenvalue weighted by Crippen LogP contribution is 2.48. The van der Waals surface area contributed by atoms with Crippen LogP contribution in [0.2, 0.25) is 0 Å². The first-order valence-electron chi connectivity index (χ1n) is 8.43. The van der Waals surface area contributed by atoms with Gasteiger partial charge < -0.3 is 0 Å². The lowest BCUT2D eigenvalue weighted by molar-refractivity contribution is -0.130. The fourth-order valence-corrected chi connectivity index (χ4v) is 3.42. The molecule has 2 amide bonds. The Bertz CT molecular complexity index is 679. The van der Waals surface area contributed by atoms with Gasteiger partial charge in [-0.15, -0.1) is 0 Å². The summed E-state index contributed by atoms with van der Waals surface area (Å²) >= 11 is 0. The van der Waals surface area contributed by atoms with E-state index in [1.807, 2.05) is 60.7 Å². The first-order chi connectivity index (χ1) is 11.7. The lowest BCUT2D eigenvalue weighted by Crippen LogP contribution is -2.43. The van der Waals surface area contributed by atoms with E-state index in [1.54, 1.807) is 0 Å². The second-order valence-electron chi connectivity index (χ2n) is 6.70. The molecule has 0 aliphatic heterocycles. The fraction of sp³-hybridized carbons (Fsp3) is 0.300. The van der Waals surface area contributed by atoms with E-state index >= 15 is 0 Å². The summed E-state index contributed by atoms with van der Waals surface area (Å²) in [5.74, 6) is 0.319. The maximum Gasteiger partial charge on any atom is 0.242 e. The molecule has 4 nitrogen and oxygen atoms in total. The molecule has 2 saturated carbocycles. The number of rotatable bonds is 4. The molecule has 0 unspecified atom stereocenters. The first-order valence-corrected chi connectivity index (χ1v) is 8.43. The van der Waals surface area contributed by atoms with Gasteiger partial charge in [-0.1, -0.05) is 60.7 Å². The van der Waals surface area contributed by atoms with Crippen molar-refractivity contribution in [1.82, 2.24) is 10.9 Å². The highest BCUT2D eigenvalue weighted by atomic mass is 16.2. The van der Waals surface area contributed by atoms with Crippen LogP contribution in [0.25, 0.3) is 0 Å². The Morgan fingerprint density at radius 1 is 0.667 bits per heavy atom. The second-order valence-corrected chi connectivity index (χ2v) is 6.70. The van der Waals surface area contributed by atoms with Crippen molar-refractivity contribution < 1.29 is 9.59 Å². The maximum atomic E-state index is 12.2. The minimum Gasteiger partial charge on any atom is -0.273 e. The van der Waals surface area contributed by atoms with Crippen LogP contribution in [0.5, 0.6) is 0 Å². The molecular formula is C20H20N2O2. The summed E-state index contributed by atoms with van der Waals surface area (Å²) in [4.78, 5) is 24.3. The number of hydrogen-bond donors (Lipinski definition) is 2. The van der Waals surface area contributed by atoms with Gasteiger partial charge in [0.1, 0.15) is 0 Å². The molecule has 2 aromatic rings. The Morgan fingerprint density at radius 3 is 1.42 bits per heavy atom. The predicted octanol–water partition coefficient (Wildman–Crippen LogP) is 2.74. The van der Waals surface area contributed by atoms with E-state index in [4.69, 9.17) is 0 Å². The van der Waals surface area contributed by atoms with Crippen LogP contribution in [0.1, 0.15) is 35.8 Å². The van der Waals surface area contributed by atoms with Gasteiger partial charge in [0, 0.05) is 11.8 Å². The molecule has 122 valence electrons. The van der Waals surface area contributed by atoms with E-state index in [1.165, 1.54) is 11.1 Å². The van der Waals surface area contributed by atoms with E-state index in [0.717, 1.165) is 12.8 Å². The van der Waals surface area contributed by atoms with Crippen LogP contribution in [0.4, 0.5) is 0 Å². The number of carbonyl (C=O) groups is 2. The Balaban J connectivity index is 1.25. The van der Waals surface area contributed by atoms with Crippen molar-refractivity contribution in [3.05, 3.63) is 71.8 Å². The van der Waals surface area contributed by atoms with Gasteiger partial charge in [-0.3, -0.25) is 20.4 Å². The van der Waals surface area contributed by atoms with Gasteiger partial charge in [0.2, 0.25) is 11.8 Å². The quantitative estimate of drug-likeness (QED) is 0.851. The number of carbonyl (C=O) groups excluding carboxylic acids is 2. The third-order valence-electron chi connectivity index (χ3n) is 5.02. The van der Waals surface area contributed by atoms with Gasteiger partial charge in [-0.25, -0.2) is 0 Å². The standard InChI is InChI=1S/C20H20N2O2/c23-19(17-11-15(17)13-7-3-1-4-8-13)21-22-20(24)18-12-16(18)14-9-5-2-6-10-14/h1-10,15-18H,11-12H2,(H,21,23)(H,22,24)/t15-,16-,17-,18-/m1/s1. The van der Waals surface area contributed by atoms with E-state index in [9.17, 15) is 9.59 Å². The molecule has 0 aromatic heterocycles. The molecule has 2 aliphatic rings. The molecule has 2 aliphatic carbocycles. The zero-order valence-corrected chi connectivity index (χ0v) is 13.3. The minimum atomic E-state index is -0.0888. The van der Waals surface area contributed by atoms with Crippen molar-refractivity contribution >= 4 is 11.8 Å². The van der Waals surface area contributed by atoms with Crippen LogP contribution >= 0.6 is 0 Å². The number of benzene rings is 2. The maximum absolute atomic E-state index is 12.2. The summed E-state index contributed by atoms with van der Waals surface area (Å²) in [7, 11) is 0. The van der Waals surface area contributed by atoms with Crippen LogP contribution in [-0.4, -0.2) is 11.8 Å². The van der Waals surface area contributed by atoms with Gasteiger partial charge in [0.15, 0.2) is 0 Å². The summed E-state index contributed by atoms with van der Waals surface area (Å²) in [5.41, 5.74) is 7.58. The Labute approximate surface area is 141 Å². The van der Waals surface area contributed by atoms with Crippen molar-refractivity contribution in [2.24, 2.45) is 11.8 Å². The van der Waals surface area contributed by atoms with Crippen molar-refractivity contribution in [3.8, 4) is 0 Å². The summed E-state index contributed by atoms with van der Waals surface area (Å²) in [6, 6.07) is 20.1. The second kappa shape index (κ2) is 6.11. The molecule has 24 heavy (non-hydrogen) atoms. The predicted molar refractivity (Wildman–Crippen MR) is 90.9 cm³/mol. The fourth-order valence-electron chi connectivity index (χ4n) is 3.42. The monoisotopic (exact) mass is 320 g/mol. The van der Waals surface area contributed by atoms with Gasteiger partial charge in [0.05, 0.1) is 0 Å². The number of hydrazine groups is 1. The van der Waals surface area contributed by atoms with E-state index in [0.29, 0.717) is 0 Å². The highest BCUT2D eigenvalue weighted by Gasteiger charge is 2.46. The zero-order chi connectivity index (χ0) is 16.5. The molecule has 0 heterocycles. The average molecular weight is 320 g/mol. The Morgan fingerprint density at radius 2 is 1.04 bits per heavy atom. The highest BCUT2D eigenvalue weighted by molar-refractivity contribution is 5.88. The van der Waals surface area contributed by atoms with Crippen LogP contribution in [0.15, 0.2) is 60.7 Å². The average Bonchev–Trinajstić information content (AvgIpc) is 3.54. The molecule has 0 spiro atoms. The van der Waals surface area contributed by atoms with E-state index < -0.39 is 0 Å². The van der Waals surface area contributed by atoms with E-state index in [2.05, 4.69) is 10.9 Å². The summed E-state index contributed by atoms with van der Waals surface area (Å²) in [5, 5.41) is 0. The van der Waals surface area contributed by atoms with Crippen LogP contribution in [-0.2, 0) is 9.59 Å². The molecule has 4 atom stereocenters. The number of amides is 2. The van der Waals surface area contributed by atoms with Crippen LogP contribution < -0.4 is 10.9 Å². The van der Waals surface area contributed by atoms with Gasteiger partial charge >= 0.3 is 0 Å². The van der Waals surface area contributed by atoms with Crippen LogP contribution in [0, 0.1) is 11.8 Å². The number of nitrogens with one attached hydrogen (secondary N) is 2. The van der Waals surface area contributed by atoms with Crippen molar-refractivity contribution in [1.29, 1.82) is 0 Å². The summed E-state index contributed by atoms with van der Waals surface area (Å²) in [6.45, 7) is 0. The molecule has 2 aromatic carbocycles.